The van der Waals surface area contributed by atoms with Crippen LogP contribution >= 0.6 is 0 Å². The Balaban J connectivity index is 2.32. The number of esters is 2. The molecule has 0 aliphatic rings. The fraction of sp³-hybridized carbons (Fsp3) is 0.167. The minimum atomic E-state index is -0.833. The summed E-state index contributed by atoms with van der Waals surface area (Å²) in [5, 5.41) is 18.5. The van der Waals surface area contributed by atoms with E-state index in [-0.39, 0.29) is 35.9 Å². The van der Waals surface area contributed by atoms with Crippen molar-refractivity contribution >= 4 is 24.1 Å². The van der Waals surface area contributed by atoms with Gasteiger partial charge < -0.3 is 14.2 Å². The van der Waals surface area contributed by atoms with Gasteiger partial charge in [0, 0.05) is 0 Å². The van der Waals surface area contributed by atoms with Crippen molar-refractivity contribution in [2.24, 2.45) is 0 Å². The van der Waals surface area contributed by atoms with Crippen LogP contribution in [-0.2, 0) is 14.3 Å². The van der Waals surface area contributed by atoms with Crippen LogP contribution in [0, 0.1) is 22.7 Å². The molecule has 7 nitrogen and oxygen atoms in total. The summed E-state index contributed by atoms with van der Waals surface area (Å²) in [4.78, 5) is 24.3. The van der Waals surface area contributed by atoms with Crippen molar-refractivity contribution in [3.8, 4) is 23.6 Å². The van der Waals surface area contributed by atoms with Crippen LogP contribution in [-0.4, -0.2) is 25.2 Å². The molecule has 0 spiro atoms. The first-order valence-electron chi connectivity index (χ1n) is 9.47. The number of rotatable bonds is 8. The summed E-state index contributed by atoms with van der Waals surface area (Å²) in [6, 6.07) is 17.1. The van der Waals surface area contributed by atoms with E-state index in [1.54, 1.807) is 50.2 Å². The van der Waals surface area contributed by atoms with Gasteiger partial charge in [-0.15, -0.1) is 0 Å². The molecule has 0 fully saturated rings. The summed E-state index contributed by atoms with van der Waals surface area (Å²) in [7, 11) is 0. The second-order valence-electron chi connectivity index (χ2n) is 6.00. The van der Waals surface area contributed by atoms with Crippen LogP contribution in [0.3, 0.4) is 0 Å². The fourth-order valence-electron chi connectivity index (χ4n) is 2.49. The molecule has 0 unspecified atom stereocenters. The molecular weight excluding hydrogens is 396 g/mol. The Morgan fingerprint density at radius 1 is 0.839 bits per heavy atom. The Morgan fingerprint density at radius 2 is 1.48 bits per heavy atom. The van der Waals surface area contributed by atoms with Crippen LogP contribution in [0.15, 0.2) is 59.7 Å². The van der Waals surface area contributed by atoms with Gasteiger partial charge in [0.15, 0.2) is 11.5 Å². The molecule has 31 heavy (non-hydrogen) atoms. The van der Waals surface area contributed by atoms with E-state index >= 15 is 0 Å². The molecule has 0 aliphatic heterocycles. The standard InChI is InChI=1S/C24H20N2O5/c1-3-29-22-14-18(13-19(15-25)23(27)30-4-2)10-11-21(22)31-24(28)20(16-26)12-17-8-6-5-7-9-17/h5-14H,3-4H2,1-2H3/b19-13+,20-12+. The lowest BCUT2D eigenvalue weighted by Crippen LogP contribution is -2.11. The minimum Gasteiger partial charge on any atom is -0.490 e. The van der Waals surface area contributed by atoms with Crippen molar-refractivity contribution in [1.29, 1.82) is 10.5 Å². The topological polar surface area (TPSA) is 109 Å². The summed E-state index contributed by atoms with van der Waals surface area (Å²) in [5.74, 6) is -1.24. The number of benzene rings is 2. The molecule has 7 heteroatoms. The molecule has 156 valence electrons. The second kappa shape index (κ2) is 11.6. The first kappa shape index (κ1) is 22.9. The van der Waals surface area contributed by atoms with Crippen molar-refractivity contribution in [2.45, 2.75) is 13.8 Å². The smallest absolute Gasteiger partial charge is 0.354 e. The first-order valence-corrected chi connectivity index (χ1v) is 9.47. The predicted octanol–water partition coefficient (Wildman–Crippen LogP) is 4.07. The Labute approximate surface area is 180 Å². The molecule has 0 saturated heterocycles. The molecule has 0 N–H and O–H groups in total. The Hall–Kier alpha value is -4.36. The maximum absolute atomic E-state index is 12.5. The van der Waals surface area contributed by atoms with Gasteiger partial charge >= 0.3 is 11.9 Å². The van der Waals surface area contributed by atoms with Crippen LogP contribution in [0.4, 0.5) is 0 Å². The Morgan fingerprint density at radius 3 is 2.10 bits per heavy atom. The van der Waals surface area contributed by atoms with E-state index in [9.17, 15) is 20.1 Å². The van der Waals surface area contributed by atoms with Crippen LogP contribution in [0.25, 0.3) is 12.2 Å². The summed E-state index contributed by atoms with van der Waals surface area (Å²) in [6.07, 6.45) is 2.78. The van der Waals surface area contributed by atoms with Crippen LogP contribution < -0.4 is 9.47 Å². The maximum Gasteiger partial charge on any atom is 0.354 e. The summed E-state index contributed by atoms with van der Waals surface area (Å²) in [6.45, 7) is 3.83. The van der Waals surface area contributed by atoms with Gasteiger partial charge in [-0.25, -0.2) is 9.59 Å². The molecule has 0 radical (unpaired) electrons. The number of hydrogen-bond donors (Lipinski definition) is 0. The third kappa shape index (κ3) is 6.59. The first-order chi connectivity index (χ1) is 15.0. The molecule has 2 aromatic rings. The van der Waals surface area contributed by atoms with E-state index in [2.05, 4.69) is 0 Å². The van der Waals surface area contributed by atoms with Gasteiger partial charge in [-0.1, -0.05) is 36.4 Å². The molecule has 0 amide bonds. The number of carbonyl (C=O) groups is 2. The number of ether oxygens (including phenoxy) is 3. The summed E-state index contributed by atoms with van der Waals surface area (Å²) in [5.41, 5.74) is 0.816. The monoisotopic (exact) mass is 416 g/mol. The highest BCUT2D eigenvalue weighted by Gasteiger charge is 2.16. The van der Waals surface area contributed by atoms with E-state index in [1.807, 2.05) is 12.1 Å². The molecule has 0 saturated carbocycles. The molecule has 0 aliphatic carbocycles. The lowest BCUT2D eigenvalue weighted by Gasteiger charge is -2.11. The normalized spacial score (nSPS) is 11.1. The van der Waals surface area contributed by atoms with Crippen LogP contribution in [0.1, 0.15) is 25.0 Å². The van der Waals surface area contributed by atoms with Crippen molar-refractivity contribution in [3.05, 3.63) is 70.8 Å². The molecular formula is C24H20N2O5. The second-order valence-corrected chi connectivity index (χ2v) is 6.00. The van der Waals surface area contributed by atoms with E-state index in [4.69, 9.17) is 14.2 Å². The molecule has 0 atom stereocenters. The van der Waals surface area contributed by atoms with Gasteiger partial charge in [-0.3, -0.25) is 0 Å². The third-order valence-electron chi connectivity index (χ3n) is 3.85. The van der Waals surface area contributed by atoms with Gasteiger partial charge in [0.2, 0.25) is 0 Å². The van der Waals surface area contributed by atoms with Crippen molar-refractivity contribution in [3.63, 3.8) is 0 Å². The quantitative estimate of drug-likeness (QED) is 0.276. The van der Waals surface area contributed by atoms with Crippen molar-refractivity contribution < 1.29 is 23.8 Å². The predicted molar refractivity (Wildman–Crippen MR) is 114 cm³/mol. The van der Waals surface area contributed by atoms with E-state index in [1.165, 1.54) is 24.3 Å². The summed E-state index contributed by atoms with van der Waals surface area (Å²) < 4.78 is 15.7. The highest BCUT2D eigenvalue weighted by atomic mass is 16.6. The number of hydrogen-bond acceptors (Lipinski definition) is 7. The summed E-state index contributed by atoms with van der Waals surface area (Å²) >= 11 is 0. The highest BCUT2D eigenvalue weighted by molar-refractivity contribution is 5.99. The zero-order chi connectivity index (χ0) is 22.6. The largest absolute Gasteiger partial charge is 0.490 e. The van der Waals surface area contributed by atoms with E-state index < -0.39 is 11.9 Å². The zero-order valence-corrected chi connectivity index (χ0v) is 17.1. The van der Waals surface area contributed by atoms with Crippen LogP contribution in [0.2, 0.25) is 0 Å². The van der Waals surface area contributed by atoms with Gasteiger partial charge in [-0.05, 0) is 49.3 Å². The lowest BCUT2D eigenvalue weighted by molar-refractivity contribution is -0.138. The van der Waals surface area contributed by atoms with E-state index in [0.29, 0.717) is 11.1 Å². The maximum atomic E-state index is 12.5. The molecule has 0 bridgehead atoms. The average molecular weight is 416 g/mol. The van der Waals surface area contributed by atoms with E-state index in [0.717, 1.165) is 0 Å². The van der Waals surface area contributed by atoms with Crippen molar-refractivity contribution in [1.82, 2.24) is 0 Å². The Kier molecular flexibility index (Phi) is 8.57. The minimum absolute atomic E-state index is 0.104. The highest BCUT2D eigenvalue weighted by Crippen LogP contribution is 2.30. The van der Waals surface area contributed by atoms with Gasteiger partial charge in [0.1, 0.15) is 23.3 Å². The van der Waals surface area contributed by atoms with Gasteiger partial charge in [0.25, 0.3) is 0 Å². The zero-order valence-electron chi connectivity index (χ0n) is 17.1. The molecule has 0 aromatic heterocycles. The van der Waals surface area contributed by atoms with Crippen molar-refractivity contribution in [2.75, 3.05) is 13.2 Å². The molecule has 2 aromatic carbocycles. The number of nitrogens with zero attached hydrogens (tertiary/aromatic N) is 2. The number of nitriles is 2. The fourth-order valence-corrected chi connectivity index (χ4v) is 2.49. The molecule has 0 heterocycles. The third-order valence-corrected chi connectivity index (χ3v) is 3.85. The average Bonchev–Trinajstić information content (AvgIpc) is 2.78. The van der Waals surface area contributed by atoms with Gasteiger partial charge in [-0.2, -0.15) is 10.5 Å². The Bertz CT molecular complexity index is 1090. The number of carbonyl (C=O) groups excluding carboxylic acids is 2. The lowest BCUT2D eigenvalue weighted by atomic mass is 10.1. The van der Waals surface area contributed by atoms with Gasteiger partial charge in [0.05, 0.1) is 13.2 Å². The SMILES string of the molecule is CCOC(=O)/C(C#N)=C/c1ccc(OC(=O)/C(C#N)=C/c2ccccc2)c(OCC)c1. The van der Waals surface area contributed by atoms with Crippen LogP contribution in [0.5, 0.6) is 11.5 Å². The molecule has 2 rings (SSSR count).